The average molecular weight is 509 g/mol. The molecule has 3 saturated heterocycles. The number of rotatable bonds is 7. The number of aryl methyl sites for hydroxylation is 2. The maximum absolute atomic E-state index is 15.6. The molecule has 0 radical (unpaired) electrons. The van der Waals surface area contributed by atoms with E-state index in [1.807, 2.05) is 32.0 Å². The maximum atomic E-state index is 15.6. The molecule has 6 heteroatoms. The summed E-state index contributed by atoms with van der Waals surface area (Å²) in [6.07, 6.45) is 4.60. The Morgan fingerprint density at radius 2 is 1.84 bits per heavy atom. The second-order valence-electron chi connectivity index (χ2n) is 12.0. The number of carbonyl (C=O) groups excluding carboxylic acids is 1. The lowest BCUT2D eigenvalue weighted by molar-refractivity contribution is -0.0349. The Kier molecular flexibility index (Phi) is 7.23. The first kappa shape index (κ1) is 26.0. The van der Waals surface area contributed by atoms with Crippen LogP contribution in [0.15, 0.2) is 24.3 Å². The van der Waals surface area contributed by atoms with Gasteiger partial charge >= 0.3 is 6.09 Å². The molecule has 1 unspecified atom stereocenters. The van der Waals surface area contributed by atoms with Gasteiger partial charge in [0.15, 0.2) is 0 Å². The fourth-order valence-corrected chi connectivity index (χ4v) is 6.55. The number of ether oxygens (including phenoxy) is 2. The molecule has 37 heavy (non-hydrogen) atoms. The Balaban J connectivity index is 1.35. The van der Waals surface area contributed by atoms with Gasteiger partial charge in [-0.05, 0) is 116 Å². The largest absolute Gasteiger partial charge is 0.493 e. The van der Waals surface area contributed by atoms with Gasteiger partial charge in [-0.2, -0.15) is 0 Å². The van der Waals surface area contributed by atoms with E-state index in [4.69, 9.17) is 9.47 Å². The number of halogens is 1. The number of fused-ring (bicyclic) bond motifs is 4. The lowest BCUT2D eigenvalue weighted by Gasteiger charge is -2.44. The van der Waals surface area contributed by atoms with E-state index in [9.17, 15) is 4.79 Å². The molecule has 3 heterocycles. The van der Waals surface area contributed by atoms with Gasteiger partial charge in [-0.3, -0.25) is 4.90 Å². The van der Waals surface area contributed by atoms with Crippen molar-refractivity contribution < 1.29 is 18.7 Å². The molecule has 2 aromatic carbocycles. The minimum absolute atomic E-state index is 0.0500. The predicted octanol–water partition coefficient (Wildman–Crippen LogP) is 6.73. The van der Waals surface area contributed by atoms with Gasteiger partial charge in [0.2, 0.25) is 0 Å². The van der Waals surface area contributed by atoms with E-state index in [1.54, 1.807) is 6.07 Å². The fraction of sp³-hybridized carbons (Fsp3) is 0.581. The summed E-state index contributed by atoms with van der Waals surface area (Å²) < 4.78 is 27.5. The Morgan fingerprint density at radius 1 is 1.14 bits per heavy atom. The summed E-state index contributed by atoms with van der Waals surface area (Å²) in [4.78, 5) is 15.3. The van der Waals surface area contributed by atoms with E-state index in [0.29, 0.717) is 18.1 Å². The van der Waals surface area contributed by atoms with Crippen molar-refractivity contribution in [3.63, 3.8) is 0 Å². The van der Waals surface area contributed by atoms with Gasteiger partial charge in [0, 0.05) is 12.1 Å². The van der Waals surface area contributed by atoms with Crippen LogP contribution < -0.4 is 10.1 Å². The number of alkyl carbamates (subject to hydrolysis) is 1. The van der Waals surface area contributed by atoms with Crippen molar-refractivity contribution in [1.82, 2.24) is 10.2 Å². The molecule has 0 saturated carbocycles. The zero-order valence-corrected chi connectivity index (χ0v) is 23.0. The van der Waals surface area contributed by atoms with Gasteiger partial charge < -0.3 is 14.8 Å². The van der Waals surface area contributed by atoms with Crippen LogP contribution in [0.5, 0.6) is 5.75 Å². The van der Waals surface area contributed by atoms with Gasteiger partial charge in [0.25, 0.3) is 0 Å². The number of nitrogens with zero attached hydrogens (tertiary/aromatic N) is 1. The molecular weight excluding hydrogens is 467 g/mol. The molecule has 2 atom stereocenters. The van der Waals surface area contributed by atoms with E-state index in [2.05, 4.69) is 31.0 Å². The van der Waals surface area contributed by atoms with Gasteiger partial charge in [-0.15, -0.1) is 0 Å². The molecule has 1 aliphatic carbocycles. The molecule has 0 aromatic heterocycles. The Hall–Kier alpha value is -2.60. The van der Waals surface area contributed by atoms with Gasteiger partial charge in [0.05, 0.1) is 12.6 Å². The lowest BCUT2D eigenvalue weighted by Crippen LogP contribution is -2.53. The first-order valence-corrected chi connectivity index (χ1v) is 13.9. The molecule has 4 aliphatic rings. The van der Waals surface area contributed by atoms with Crippen LogP contribution in [-0.2, 0) is 11.2 Å². The average Bonchev–Trinajstić information content (AvgIpc) is 3.09. The highest BCUT2D eigenvalue weighted by Crippen LogP contribution is 2.47. The summed E-state index contributed by atoms with van der Waals surface area (Å²) in [7, 11) is 0. The van der Waals surface area contributed by atoms with Crippen LogP contribution in [0.2, 0.25) is 0 Å². The van der Waals surface area contributed by atoms with Crippen LogP contribution >= 0.6 is 0 Å². The van der Waals surface area contributed by atoms with Gasteiger partial charge in [-0.25, -0.2) is 9.18 Å². The summed E-state index contributed by atoms with van der Waals surface area (Å²) >= 11 is 0. The number of unbranched alkanes of at least 4 members (excludes halogenated alkanes) is 1. The summed E-state index contributed by atoms with van der Waals surface area (Å²) in [6.45, 7) is 14.2. The zero-order valence-electron chi connectivity index (χ0n) is 23.0. The quantitative estimate of drug-likeness (QED) is 0.421. The summed E-state index contributed by atoms with van der Waals surface area (Å²) in [5.41, 5.74) is 5.16. The van der Waals surface area contributed by atoms with Gasteiger partial charge in [-0.1, -0.05) is 27.2 Å². The topological polar surface area (TPSA) is 50.8 Å². The second-order valence-corrected chi connectivity index (χ2v) is 12.0. The van der Waals surface area contributed by atoms with Crippen LogP contribution in [0.4, 0.5) is 9.18 Å². The predicted molar refractivity (Wildman–Crippen MR) is 145 cm³/mol. The second kappa shape index (κ2) is 10.3. The van der Waals surface area contributed by atoms with Crippen LogP contribution in [0.1, 0.15) is 74.8 Å². The van der Waals surface area contributed by atoms with Crippen LogP contribution in [0, 0.1) is 31.0 Å². The van der Waals surface area contributed by atoms with Crippen molar-refractivity contribution in [1.29, 1.82) is 0 Å². The van der Waals surface area contributed by atoms with Crippen LogP contribution in [0.25, 0.3) is 11.1 Å². The number of benzene rings is 2. The number of hydrogen-bond donors (Lipinski definition) is 1. The van der Waals surface area contributed by atoms with E-state index < -0.39 is 0 Å². The van der Waals surface area contributed by atoms with Crippen molar-refractivity contribution in [2.24, 2.45) is 11.3 Å². The van der Waals surface area contributed by atoms with E-state index in [-0.39, 0.29) is 29.5 Å². The molecular formula is C31H41FN2O3. The summed E-state index contributed by atoms with van der Waals surface area (Å²) in [5.74, 6) is 1.08. The Morgan fingerprint density at radius 3 is 2.46 bits per heavy atom. The number of carbonyl (C=O) groups is 1. The third-order valence-electron chi connectivity index (χ3n) is 8.60. The Bertz CT molecular complexity index is 1150. The summed E-state index contributed by atoms with van der Waals surface area (Å²) in [5, 5.41) is 3.11. The smallest absolute Gasteiger partial charge is 0.407 e. The maximum Gasteiger partial charge on any atom is 0.407 e. The fourth-order valence-electron chi connectivity index (χ4n) is 6.55. The molecule has 6 rings (SSSR count). The molecule has 1 amide bonds. The molecule has 2 bridgehead atoms. The number of amides is 1. The van der Waals surface area contributed by atoms with E-state index in [0.717, 1.165) is 85.3 Å². The first-order chi connectivity index (χ1) is 17.7. The first-order valence-electron chi connectivity index (χ1n) is 13.9. The third kappa shape index (κ3) is 5.22. The molecule has 0 spiro atoms. The van der Waals surface area contributed by atoms with Crippen molar-refractivity contribution >= 4 is 6.09 Å². The Labute approximate surface area is 220 Å². The van der Waals surface area contributed by atoms with Crippen LogP contribution in [0.3, 0.4) is 0 Å². The highest BCUT2D eigenvalue weighted by Gasteiger charge is 2.42. The number of hydrogen-bond acceptors (Lipinski definition) is 4. The number of nitrogens with one attached hydrogen (secondary N) is 1. The normalized spacial score (nSPS) is 25.6. The van der Waals surface area contributed by atoms with Crippen molar-refractivity contribution in [2.45, 2.75) is 78.9 Å². The van der Waals surface area contributed by atoms with E-state index in [1.165, 1.54) is 0 Å². The third-order valence-corrected chi connectivity index (χ3v) is 8.60. The molecule has 5 nitrogen and oxygen atoms in total. The molecule has 3 fully saturated rings. The van der Waals surface area contributed by atoms with Crippen molar-refractivity contribution in [2.75, 3.05) is 26.2 Å². The van der Waals surface area contributed by atoms with Crippen LogP contribution in [-0.4, -0.2) is 43.3 Å². The monoisotopic (exact) mass is 508 g/mol. The standard InChI is InChI=1S/C31H41FN2O3/c1-6-7-12-36-28-19(2)13-22(14-20(28)3)24-15-23-17-31(4,5)29(25(23)16-26(24)32)33-30(35)37-27-18-34-10-8-21(27)9-11-34/h13-16,21,27,29H,6-12,17-18H2,1-5H3,(H,33,35)/t27-,29?/m1/s1. The van der Waals surface area contributed by atoms with Crippen molar-refractivity contribution in [3.8, 4) is 16.9 Å². The highest BCUT2D eigenvalue weighted by atomic mass is 19.1. The minimum Gasteiger partial charge on any atom is -0.493 e. The molecule has 3 aliphatic heterocycles. The highest BCUT2D eigenvalue weighted by molar-refractivity contribution is 5.72. The summed E-state index contributed by atoms with van der Waals surface area (Å²) in [6, 6.07) is 7.32. The molecule has 1 N–H and O–H groups in total. The molecule has 200 valence electrons. The number of piperidine rings is 3. The molecule has 2 aromatic rings. The van der Waals surface area contributed by atoms with Gasteiger partial charge in [0.1, 0.15) is 17.7 Å². The lowest BCUT2D eigenvalue weighted by atomic mass is 9.85. The minimum atomic E-state index is -0.390. The SMILES string of the molecule is CCCCOc1c(C)cc(-c2cc3c(cc2F)C(NC(=O)O[C@@H]2CN4CCC2CC4)C(C)(C)C3)cc1C. The van der Waals surface area contributed by atoms with Crippen molar-refractivity contribution in [3.05, 3.63) is 52.3 Å². The zero-order chi connectivity index (χ0) is 26.3. The van der Waals surface area contributed by atoms with E-state index >= 15 is 4.39 Å².